The largest absolute Gasteiger partial charge is 0.478 e. The number of fused-ring (bicyclic) bond motifs is 1. The van der Waals surface area contributed by atoms with Crippen molar-refractivity contribution in [3.8, 4) is 0 Å². The Bertz CT molecular complexity index is 593. The molecule has 0 heterocycles. The molecule has 0 aliphatic carbocycles. The zero-order valence-corrected chi connectivity index (χ0v) is 9.11. The van der Waals surface area contributed by atoms with Crippen LogP contribution in [0.25, 0.3) is 10.8 Å². The number of anilines is 1. The molecule has 4 N–H and O–H groups in total. The van der Waals surface area contributed by atoms with Gasteiger partial charge in [0.15, 0.2) is 0 Å². The van der Waals surface area contributed by atoms with Crippen LogP contribution in [0.2, 0.25) is 0 Å². The minimum absolute atomic E-state index is 0.251. The molecule has 18 heavy (non-hydrogen) atoms. The maximum absolute atomic E-state index is 10.9. The average molecular weight is 250 g/mol. The van der Waals surface area contributed by atoms with Gasteiger partial charge in [-0.05, 0) is 22.9 Å². The first-order valence-electron chi connectivity index (χ1n) is 4.76. The summed E-state index contributed by atoms with van der Waals surface area (Å²) in [5, 5.41) is 24.2. The van der Waals surface area contributed by atoms with E-state index < -0.39 is 11.1 Å². The van der Waals surface area contributed by atoms with E-state index >= 15 is 0 Å². The molecule has 2 rings (SSSR count). The Kier molecular flexibility index (Phi) is 4.03. The van der Waals surface area contributed by atoms with Crippen molar-refractivity contribution in [2.75, 3.05) is 5.73 Å². The fourth-order valence-corrected chi connectivity index (χ4v) is 1.51. The zero-order chi connectivity index (χ0) is 13.7. The molecule has 0 amide bonds. The van der Waals surface area contributed by atoms with E-state index in [9.17, 15) is 4.79 Å². The van der Waals surface area contributed by atoms with E-state index in [-0.39, 0.29) is 5.56 Å². The summed E-state index contributed by atoms with van der Waals surface area (Å²) in [7, 11) is 0. The van der Waals surface area contributed by atoms with Crippen LogP contribution in [0.3, 0.4) is 0 Å². The van der Waals surface area contributed by atoms with E-state index in [2.05, 4.69) is 0 Å². The van der Waals surface area contributed by atoms with Gasteiger partial charge in [-0.2, -0.15) is 0 Å². The topological polar surface area (TPSA) is 127 Å². The molecule has 7 nitrogen and oxygen atoms in total. The van der Waals surface area contributed by atoms with Crippen molar-refractivity contribution in [3.05, 3.63) is 52.1 Å². The molecule has 0 atom stereocenters. The Labute approximate surface area is 101 Å². The molecular weight excluding hydrogens is 240 g/mol. The number of carboxylic acid groups (broad SMARTS) is 1. The molecule has 0 spiro atoms. The molecular formula is C11H10N2O5. The summed E-state index contributed by atoms with van der Waals surface area (Å²) in [6.45, 7) is 0. The third kappa shape index (κ3) is 3.34. The van der Waals surface area contributed by atoms with E-state index in [1.54, 1.807) is 12.1 Å². The molecule has 0 unspecified atom stereocenters. The van der Waals surface area contributed by atoms with Gasteiger partial charge >= 0.3 is 5.97 Å². The summed E-state index contributed by atoms with van der Waals surface area (Å²) >= 11 is 0. The van der Waals surface area contributed by atoms with Crippen LogP contribution in [0.4, 0.5) is 5.69 Å². The summed E-state index contributed by atoms with van der Waals surface area (Å²) in [5.74, 6) is -0.950. The van der Waals surface area contributed by atoms with Gasteiger partial charge in [0.25, 0.3) is 5.09 Å². The van der Waals surface area contributed by atoms with Crippen LogP contribution < -0.4 is 5.73 Å². The number of benzene rings is 2. The molecule has 2 aromatic carbocycles. The molecule has 0 saturated carbocycles. The van der Waals surface area contributed by atoms with Crippen molar-refractivity contribution >= 4 is 22.4 Å². The molecule has 0 fully saturated rings. The summed E-state index contributed by atoms with van der Waals surface area (Å²) in [4.78, 5) is 19.3. The first-order chi connectivity index (χ1) is 8.41. The summed E-state index contributed by atoms with van der Waals surface area (Å²) in [6, 6.07) is 10.5. The Balaban J connectivity index is 0.000000357. The average Bonchev–Trinajstić information content (AvgIpc) is 2.26. The highest BCUT2D eigenvalue weighted by Gasteiger charge is 2.08. The van der Waals surface area contributed by atoms with Crippen molar-refractivity contribution in [1.82, 2.24) is 0 Å². The van der Waals surface area contributed by atoms with Gasteiger partial charge in [0, 0.05) is 5.69 Å². The highest BCUT2D eigenvalue weighted by Crippen LogP contribution is 2.22. The van der Waals surface area contributed by atoms with Crippen LogP contribution in [-0.4, -0.2) is 21.4 Å². The number of rotatable bonds is 1. The number of nitrogen functional groups attached to an aromatic ring is 1. The Hall–Kier alpha value is -2.83. The van der Waals surface area contributed by atoms with Crippen LogP contribution >= 0.6 is 0 Å². The summed E-state index contributed by atoms with van der Waals surface area (Å²) in [5.41, 5.74) is 6.32. The van der Waals surface area contributed by atoms with E-state index in [1.807, 2.05) is 18.2 Å². The van der Waals surface area contributed by atoms with Crippen molar-refractivity contribution in [2.24, 2.45) is 0 Å². The molecule has 0 aliphatic rings. The minimum Gasteiger partial charge on any atom is -0.478 e. The van der Waals surface area contributed by atoms with Crippen LogP contribution in [-0.2, 0) is 0 Å². The van der Waals surface area contributed by atoms with Gasteiger partial charge in [-0.15, -0.1) is 10.1 Å². The number of carboxylic acids is 1. The summed E-state index contributed by atoms with van der Waals surface area (Å²) < 4.78 is 0. The van der Waals surface area contributed by atoms with E-state index in [0.29, 0.717) is 11.1 Å². The Morgan fingerprint density at radius 3 is 2.39 bits per heavy atom. The van der Waals surface area contributed by atoms with Crippen molar-refractivity contribution in [2.45, 2.75) is 0 Å². The number of carbonyl (C=O) groups is 1. The van der Waals surface area contributed by atoms with Gasteiger partial charge in [0.1, 0.15) is 0 Å². The third-order valence-corrected chi connectivity index (χ3v) is 2.11. The van der Waals surface area contributed by atoms with E-state index in [4.69, 9.17) is 26.2 Å². The number of hydrogen-bond donors (Lipinski definition) is 3. The second-order valence-corrected chi connectivity index (χ2v) is 3.33. The van der Waals surface area contributed by atoms with Gasteiger partial charge in [-0.25, -0.2) is 4.79 Å². The SMILES string of the molecule is Nc1cc(C(=O)O)c2ccccc2c1.O=[N+]([O-])O. The normalized spacial score (nSPS) is 9.33. The molecule has 0 saturated heterocycles. The van der Waals surface area contributed by atoms with E-state index in [1.165, 1.54) is 6.07 Å². The van der Waals surface area contributed by atoms with Crippen molar-refractivity contribution in [1.29, 1.82) is 0 Å². The highest BCUT2D eigenvalue weighted by atomic mass is 16.9. The first kappa shape index (κ1) is 13.2. The molecule has 0 aromatic heterocycles. The quantitative estimate of drug-likeness (QED) is 0.402. The fraction of sp³-hybridized carbons (Fsp3) is 0. The maximum Gasteiger partial charge on any atom is 0.336 e. The lowest BCUT2D eigenvalue weighted by Gasteiger charge is -2.03. The second kappa shape index (κ2) is 5.48. The Morgan fingerprint density at radius 2 is 1.83 bits per heavy atom. The van der Waals surface area contributed by atoms with Gasteiger partial charge in [-0.3, -0.25) is 0 Å². The predicted molar refractivity (Wildman–Crippen MR) is 64.1 cm³/mol. The van der Waals surface area contributed by atoms with Gasteiger partial charge in [0.2, 0.25) is 0 Å². The molecule has 94 valence electrons. The van der Waals surface area contributed by atoms with Crippen molar-refractivity contribution < 1.29 is 20.2 Å². The molecule has 2 aromatic rings. The standard InChI is InChI=1S/C11H9NO2.HNO3/c12-8-5-7-3-1-2-4-9(7)10(6-8)11(13)14;2-1(3)4/h1-6H,12H2,(H,13,14);(H,2,3,4). The number of aromatic carboxylic acids is 1. The molecule has 0 aliphatic heterocycles. The van der Waals surface area contributed by atoms with Gasteiger partial charge in [-0.1, -0.05) is 24.3 Å². The predicted octanol–water partition coefficient (Wildman–Crippen LogP) is 1.77. The second-order valence-electron chi connectivity index (χ2n) is 3.33. The third-order valence-electron chi connectivity index (χ3n) is 2.11. The lowest BCUT2D eigenvalue weighted by atomic mass is 10.0. The maximum atomic E-state index is 10.9. The van der Waals surface area contributed by atoms with Crippen molar-refractivity contribution in [3.63, 3.8) is 0 Å². The van der Waals surface area contributed by atoms with E-state index in [0.717, 1.165) is 5.39 Å². The first-order valence-corrected chi connectivity index (χ1v) is 4.76. The fourth-order valence-electron chi connectivity index (χ4n) is 1.51. The number of hydrogen-bond acceptors (Lipinski definition) is 4. The van der Waals surface area contributed by atoms with Crippen LogP contribution in [0.5, 0.6) is 0 Å². The smallest absolute Gasteiger partial charge is 0.336 e. The van der Waals surface area contributed by atoms with Crippen LogP contribution in [0.1, 0.15) is 10.4 Å². The molecule has 7 heteroatoms. The highest BCUT2D eigenvalue weighted by molar-refractivity contribution is 6.05. The molecule has 0 bridgehead atoms. The van der Waals surface area contributed by atoms with Crippen LogP contribution in [0.15, 0.2) is 36.4 Å². The van der Waals surface area contributed by atoms with Crippen LogP contribution in [0, 0.1) is 10.1 Å². The molecule has 0 radical (unpaired) electrons. The van der Waals surface area contributed by atoms with Gasteiger partial charge < -0.3 is 16.0 Å². The lowest BCUT2D eigenvalue weighted by Crippen LogP contribution is -1.99. The van der Waals surface area contributed by atoms with Gasteiger partial charge in [0.05, 0.1) is 5.56 Å². The zero-order valence-electron chi connectivity index (χ0n) is 9.11. The number of nitrogens with two attached hydrogens (primary N) is 1. The Morgan fingerprint density at radius 1 is 1.28 bits per heavy atom. The lowest BCUT2D eigenvalue weighted by molar-refractivity contribution is -0.742. The minimum atomic E-state index is -1.50. The monoisotopic (exact) mass is 250 g/mol. The summed E-state index contributed by atoms with van der Waals surface area (Å²) in [6.07, 6.45) is 0. The number of nitrogens with zero attached hydrogens (tertiary/aromatic N) is 1.